The minimum atomic E-state index is -0.284. The van der Waals surface area contributed by atoms with Gasteiger partial charge in [0.25, 0.3) is 0 Å². The zero-order valence-electron chi connectivity index (χ0n) is 16.6. The largest absolute Gasteiger partial charge is 0.370 e. The lowest BCUT2D eigenvalue weighted by atomic mass is 10.1. The van der Waals surface area contributed by atoms with Gasteiger partial charge in [-0.05, 0) is 42.0 Å². The average Bonchev–Trinajstić information content (AvgIpc) is 3.05. The molecule has 3 aromatic rings. The first-order chi connectivity index (χ1) is 14.5. The summed E-state index contributed by atoms with van der Waals surface area (Å²) in [7, 11) is 1.90. The first kappa shape index (κ1) is 20.4. The van der Waals surface area contributed by atoms with Gasteiger partial charge >= 0.3 is 6.03 Å². The Morgan fingerprint density at radius 2 is 2.03 bits per heavy atom. The van der Waals surface area contributed by atoms with Crippen molar-refractivity contribution in [1.29, 1.82) is 0 Å². The van der Waals surface area contributed by atoms with Gasteiger partial charge < -0.3 is 15.0 Å². The molecule has 8 heteroatoms. The summed E-state index contributed by atoms with van der Waals surface area (Å²) in [5.41, 5.74) is 4.38. The Hall–Kier alpha value is -2.90. The number of halogens is 2. The first-order valence-corrected chi connectivity index (χ1v) is 10.0. The molecule has 0 saturated carbocycles. The van der Waals surface area contributed by atoms with E-state index in [2.05, 4.69) is 10.4 Å². The molecule has 0 fully saturated rings. The van der Waals surface area contributed by atoms with Crippen LogP contribution in [0, 0.1) is 5.82 Å². The van der Waals surface area contributed by atoms with E-state index >= 15 is 0 Å². The standard InChI is InChI=1S/C22H22ClFN4O2/c1-27-21-9-10-28(22(29)25-18-7-5-16(23)6-8-18)12-19(21)20(26-27)14-30-13-15-3-2-4-17(24)11-15/h2-8,11H,9-10,12-14H2,1H3,(H,25,29). The second-order valence-corrected chi connectivity index (χ2v) is 7.66. The van der Waals surface area contributed by atoms with Gasteiger partial charge in [-0.2, -0.15) is 5.10 Å². The molecule has 0 atom stereocenters. The smallest absolute Gasteiger partial charge is 0.322 e. The van der Waals surface area contributed by atoms with Gasteiger partial charge in [-0.15, -0.1) is 0 Å². The summed E-state index contributed by atoms with van der Waals surface area (Å²) in [5, 5.41) is 8.09. The molecule has 4 rings (SSSR count). The van der Waals surface area contributed by atoms with Gasteiger partial charge in [0.1, 0.15) is 5.82 Å². The van der Waals surface area contributed by atoms with Crippen LogP contribution in [0.3, 0.4) is 0 Å². The molecule has 2 aromatic carbocycles. The summed E-state index contributed by atoms with van der Waals surface area (Å²) in [6.45, 7) is 1.66. The van der Waals surface area contributed by atoms with Crippen LogP contribution in [0.4, 0.5) is 14.9 Å². The van der Waals surface area contributed by atoms with Gasteiger partial charge in [0, 0.05) is 42.0 Å². The average molecular weight is 429 g/mol. The Labute approximate surface area is 179 Å². The van der Waals surface area contributed by atoms with E-state index < -0.39 is 0 Å². The molecule has 1 aliphatic rings. The fourth-order valence-electron chi connectivity index (χ4n) is 3.59. The predicted octanol–water partition coefficient (Wildman–Crippen LogP) is 4.52. The Morgan fingerprint density at radius 1 is 1.23 bits per heavy atom. The van der Waals surface area contributed by atoms with Crippen molar-refractivity contribution in [2.45, 2.75) is 26.2 Å². The number of urea groups is 1. The normalized spacial score (nSPS) is 13.2. The van der Waals surface area contributed by atoms with Crippen LogP contribution in [0.1, 0.15) is 22.5 Å². The van der Waals surface area contributed by atoms with E-state index in [1.165, 1.54) is 12.1 Å². The molecular formula is C22H22ClFN4O2. The van der Waals surface area contributed by atoms with Crippen molar-refractivity contribution in [3.63, 3.8) is 0 Å². The molecule has 0 radical (unpaired) electrons. The molecule has 2 heterocycles. The second kappa shape index (κ2) is 8.85. The zero-order valence-corrected chi connectivity index (χ0v) is 17.3. The molecule has 0 saturated heterocycles. The fraction of sp³-hybridized carbons (Fsp3) is 0.273. The van der Waals surface area contributed by atoms with Gasteiger partial charge in [-0.1, -0.05) is 23.7 Å². The maximum atomic E-state index is 13.3. The van der Waals surface area contributed by atoms with Crippen molar-refractivity contribution in [1.82, 2.24) is 14.7 Å². The molecule has 0 bridgehead atoms. The number of nitrogens with zero attached hydrogens (tertiary/aromatic N) is 3. The van der Waals surface area contributed by atoms with Crippen molar-refractivity contribution in [3.05, 3.63) is 81.9 Å². The number of aryl methyl sites for hydroxylation is 1. The van der Waals surface area contributed by atoms with Crippen LogP contribution in [-0.4, -0.2) is 27.3 Å². The van der Waals surface area contributed by atoms with Gasteiger partial charge in [0.2, 0.25) is 0 Å². The highest BCUT2D eigenvalue weighted by molar-refractivity contribution is 6.30. The van der Waals surface area contributed by atoms with Crippen LogP contribution in [0.2, 0.25) is 5.02 Å². The molecule has 1 aliphatic heterocycles. The maximum absolute atomic E-state index is 13.3. The molecule has 156 valence electrons. The monoisotopic (exact) mass is 428 g/mol. The van der Waals surface area contributed by atoms with Gasteiger partial charge in [-0.25, -0.2) is 9.18 Å². The number of benzene rings is 2. The SMILES string of the molecule is Cn1nc(COCc2cccc(F)c2)c2c1CCN(C(=O)Nc1ccc(Cl)cc1)C2. The summed E-state index contributed by atoms with van der Waals surface area (Å²) in [5.74, 6) is -0.284. The highest BCUT2D eigenvalue weighted by atomic mass is 35.5. The summed E-state index contributed by atoms with van der Waals surface area (Å²) < 4.78 is 20.9. The molecule has 0 unspecified atom stereocenters. The van der Waals surface area contributed by atoms with E-state index in [0.717, 1.165) is 28.9 Å². The van der Waals surface area contributed by atoms with E-state index in [1.54, 1.807) is 35.2 Å². The number of carbonyl (C=O) groups is 1. The number of nitrogens with one attached hydrogen (secondary N) is 1. The van der Waals surface area contributed by atoms with E-state index in [4.69, 9.17) is 16.3 Å². The third-order valence-corrected chi connectivity index (χ3v) is 5.36. The van der Waals surface area contributed by atoms with Gasteiger partial charge in [0.15, 0.2) is 0 Å². The molecule has 2 amide bonds. The van der Waals surface area contributed by atoms with Gasteiger partial charge in [-0.3, -0.25) is 4.68 Å². The number of rotatable bonds is 5. The van der Waals surface area contributed by atoms with Crippen LogP contribution in [0.25, 0.3) is 0 Å². The van der Waals surface area contributed by atoms with Crippen LogP contribution in [0.5, 0.6) is 0 Å². The number of amides is 2. The van der Waals surface area contributed by atoms with E-state index in [1.807, 2.05) is 17.8 Å². The summed E-state index contributed by atoms with van der Waals surface area (Å²) in [4.78, 5) is 14.5. The van der Waals surface area contributed by atoms with Crippen LogP contribution >= 0.6 is 11.6 Å². The quantitative estimate of drug-likeness (QED) is 0.650. The summed E-state index contributed by atoms with van der Waals surface area (Å²) in [6.07, 6.45) is 0.719. The van der Waals surface area contributed by atoms with Crippen molar-refractivity contribution in [2.24, 2.45) is 7.05 Å². The fourth-order valence-corrected chi connectivity index (χ4v) is 3.71. The third-order valence-electron chi connectivity index (χ3n) is 5.10. The zero-order chi connectivity index (χ0) is 21.1. The lowest BCUT2D eigenvalue weighted by molar-refractivity contribution is 0.103. The first-order valence-electron chi connectivity index (χ1n) is 9.67. The minimum absolute atomic E-state index is 0.168. The van der Waals surface area contributed by atoms with Crippen molar-refractivity contribution < 1.29 is 13.9 Å². The van der Waals surface area contributed by atoms with Crippen LogP contribution in [0.15, 0.2) is 48.5 Å². The highest BCUT2D eigenvalue weighted by Gasteiger charge is 2.26. The Morgan fingerprint density at radius 3 is 2.80 bits per heavy atom. The van der Waals surface area contributed by atoms with Crippen molar-refractivity contribution in [2.75, 3.05) is 11.9 Å². The van der Waals surface area contributed by atoms with E-state index in [0.29, 0.717) is 37.0 Å². The number of aromatic nitrogens is 2. The lowest BCUT2D eigenvalue weighted by Crippen LogP contribution is -2.39. The predicted molar refractivity (Wildman–Crippen MR) is 113 cm³/mol. The lowest BCUT2D eigenvalue weighted by Gasteiger charge is -2.28. The molecule has 1 aromatic heterocycles. The molecule has 1 N–H and O–H groups in total. The Balaban J connectivity index is 1.41. The molecule has 30 heavy (non-hydrogen) atoms. The second-order valence-electron chi connectivity index (χ2n) is 7.23. The number of anilines is 1. The summed E-state index contributed by atoms with van der Waals surface area (Å²) in [6, 6.07) is 13.2. The maximum Gasteiger partial charge on any atom is 0.322 e. The van der Waals surface area contributed by atoms with E-state index in [-0.39, 0.29) is 11.8 Å². The molecule has 6 nitrogen and oxygen atoms in total. The van der Waals surface area contributed by atoms with Crippen LogP contribution < -0.4 is 5.32 Å². The van der Waals surface area contributed by atoms with Crippen molar-refractivity contribution in [3.8, 4) is 0 Å². The Kier molecular flexibility index (Phi) is 6.01. The van der Waals surface area contributed by atoms with Crippen LogP contribution in [-0.2, 0) is 38.0 Å². The Bertz CT molecular complexity index is 1050. The molecule has 0 spiro atoms. The van der Waals surface area contributed by atoms with E-state index in [9.17, 15) is 9.18 Å². The molecule has 0 aliphatic carbocycles. The number of fused-ring (bicyclic) bond motifs is 1. The van der Waals surface area contributed by atoms with Crippen molar-refractivity contribution >= 4 is 23.3 Å². The molecular weight excluding hydrogens is 407 g/mol. The van der Waals surface area contributed by atoms with Gasteiger partial charge in [0.05, 0.1) is 25.5 Å². The summed E-state index contributed by atoms with van der Waals surface area (Å²) >= 11 is 5.90. The topological polar surface area (TPSA) is 59.4 Å². The third kappa shape index (κ3) is 4.63. The number of hydrogen-bond acceptors (Lipinski definition) is 3. The number of hydrogen-bond donors (Lipinski definition) is 1. The number of ether oxygens (including phenoxy) is 1. The minimum Gasteiger partial charge on any atom is -0.370 e. The highest BCUT2D eigenvalue weighted by Crippen LogP contribution is 2.24. The number of carbonyl (C=O) groups excluding carboxylic acids is 1.